The molecule has 2 heterocycles. The molecule has 0 aliphatic heterocycles. The summed E-state index contributed by atoms with van der Waals surface area (Å²) in [4.78, 5) is 0. The summed E-state index contributed by atoms with van der Waals surface area (Å²) < 4.78 is 1.94. The van der Waals surface area contributed by atoms with Crippen molar-refractivity contribution >= 4 is 5.82 Å². The second kappa shape index (κ2) is 5.06. The van der Waals surface area contributed by atoms with E-state index in [1.54, 1.807) is 12.1 Å². The molecule has 2 aromatic heterocycles. The molecule has 19 heavy (non-hydrogen) atoms. The van der Waals surface area contributed by atoms with Crippen molar-refractivity contribution in [3.8, 4) is 6.07 Å². The Hall–Kier alpha value is -2.42. The summed E-state index contributed by atoms with van der Waals surface area (Å²) in [5.41, 5.74) is 1.53. The third-order valence-electron chi connectivity index (χ3n) is 3.08. The highest BCUT2D eigenvalue weighted by Gasteiger charge is 2.25. The van der Waals surface area contributed by atoms with Gasteiger partial charge in [0.2, 0.25) is 0 Å². The van der Waals surface area contributed by atoms with E-state index in [1.807, 2.05) is 16.9 Å². The highest BCUT2D eigenvalue weighted by atomic mass is 15.3. The van der Waals surface area contributed by atoms with Crippen LogP contribution in [0.25, 0.3) is 0 Å². The van der Waals surface area contributed by atoms with Crippen molar-refractivity contribution in [3.05, 3.63) is 35.8 Å². The van der Waals surface area contributed by atoms with Gasteiger partial charge in [0.25, 0.3) is 0 Å². The van der Waals surface area contributed by atoms with E-state index in [-0.39, 0.29) is 0 Å². The minimum absolute atomic E-state index is 0.326. The van der Waals surface area contributed by atoms with Gasteiger partial charge >= 0.3 is 0 Å². The molecular formula is C13H14N6. The van der Waals surface area contributed by atoms with Crippen LogP contribution in [-0.4, -0.2) is 26.5 Å². The zero-order valence-electron chi connectivity index (χ0n) is 10.5. The maximum atomic E-state index is 8.62. The zero-order chi connectivity index (χ0) is 13.1. The molecule has 2 aromatic rings. The third kappa shape index (κ3) is 2.88. The highest BCUT2D eigenvalue weighted by molar-refractivity contribution is 5.34. The van der Waals surface area contributed by atoms with E-state index in [0.717, 1.165) is 13.1 Å². The van der Waals surface area contributed by atoms with Gasteiger partial charge in [-0.3, -0.25) is 4.68 Å². The highest BCUT2D eigenvalue weighted by Crippen LogP contribution is 2.38. The van der Waals surface area contributed by atoms with Gasteiger partial charge in [-0.15, -0.1) is 10.2 Å². The molecule has 0 radical (unpaired) electrons. The first-order valence-corrected chi connectivity index (χ1v) is 6.36. The number of aromatic nitrogens is 4. The van der Waals surface area contributed by atoms with Gasteiger partial charge in [-0.2, -0.15) is 10.4 Å². The number of hydrogen-bond acceptors (Lipinski definition) is 5. The predicted octanol–water partition coefficient (Wildman–Crippen LogP) is 1.53. The van der Waals surface area contributed by atoms with Crippen LogP contribution in [0.3, 0.4) is 0 Å². The van der Waals surface area contributed by atoms with Crippen LogP contribution in [-0.2, 0) is 6.54 Å². The molecule has 0 aromatic carbocycles. The van der Waals surface area contributed by atoms with Crippen LogP contribution in [0.5, 0.6) is 0 Å². The van der Waals surface area contributed by atoms with Crippen molar-refractivity contribution < 1.29 is 0 Å². The van der Waals surface area contributed by atoms with Gasteiger partial charge in [0.15, 0.2) is 5.69 Å². The summed E-state index contributed by atoms with van der Waals surface area (Å²) in [7, 11) is 0. The summed E-state index contributed by atoms with van der Waals surface area (Å²) in [6.07, 6.45) is 4.56. The maximum absolute atomic E-state index is 8.62. The molecule has 0 spiro atoms. The number of nitriles is 1. The van der Waals surface area contributed by atoms with Crippen molar-refractivity contribution in [2.24, 2.45) is 0 Å². The molecule has 3 rings (SSSR count). The molecule has 0 atom stereocenters. The van der Waals surface area contributed by atoms with Crippen molar-refractivity contribution in [2.75, 3.05) is 11.9 Å². The smallest absolute Gasteiger partial charge is 0.163 e. The van der Waals surface area contributed by atoms with E-state index >= 15 is 0 Å². The average molecular weight is 254 g/mol. The van der Waals surface area contributed by atoms with Crippen LogP contribution in [0.15, 0.2) is 24.4 Å². The van der Waals surface area contributed by atoms with Gasteiger partial charge in [0.05, 0.1) is 12.2 Å². The van der Waals surface area contributed by atoms with Gasteiger partial charge in [-0.1, -0.05) is 0 Å². The minimum Gasteiger partial charge on any atom is -0.367 e. The van der Waals surface area contributed by atoms with E-state index in [1.165, 1.54) is 18.5 Å². The molecule has 1 aliphatic carbocycles. The Labute approximate surface area is 111 Å². The lowest BCUT2D eigenvalue weighted by atomic mass is 10.3. The Balaban J connectivity index is 1.50. The van der Waals surface area contributed by atoms with Gasteiger partial charge in [-0.05, 0) is 31.0 Å². The molecule has 0 amide bonds. The summed E-state index contributed by atoms with van der Waals surface area (Å²) in [5, 5.41) is 24.0. The van der Waals surface area contributed by atoms with Gasteiger partial charge in [0, 0.05) is 18.7 Å². The lowest BCUT2D eigenvalue weighted by Crippen LogP contribution is -2.12. The average Bonchev–Trinajstić information content (AvgIpc) is 3.20. The topological polar surface area (TPSA) is 79.4 Å². The maximum Gasteiger partial charge on any atom is 0.163 e. The molecule has 1 N–H and O–H groups in total. The van der Waals surface area contributed by atoms with Crippen LogP contribution in [0, 0.1) is 11.3 Å². The molecule has 0 saturated heterocycles. The molecule has 6 heteroatoms. The summed E-state index contributed by atoms with van der Waals surface area (Å²) in [5.74, 6) is 1.37. The Morgan fingerprint density at radius 1 is 1.32 bits per heavy atom. The molecule has 1 fully saturated rings. The van der Waals surface area contributed by atoms with E-state index in [9.17, 15) is 0 Å². The number of nitrogens with one attached hydrogen (secondary N) is 1. The summed E-state index contributed by atoms with van der Waals surface area (Å²) in [6.45, 7) is 1.51. The first-order valence-electron chi connectivity index (χ1n) is 6.36. The lowest BCUT2D eigenvalue weighted by molar-refractivity contribution is 0.626. The van der Waals surface area contributed by atoms with Gasteiger partial charge < -0.3 is 5.32 Å². The van der Waals surface area contributed by atoms with E-state index < -0.39 is 0 Å². The van der Waals surface area contributed by atoms with Gasteiger partial charge in [0.1, 0.15) is 11.9 Å². The van der Waals surface area contributed by atoms with Crippen molar-refractivity contribution in [3.63, 3.8) is 0 Å². The normalized spacial score (nSPS) is 14.1. The second-order valence-corrected chi connectivity index (χ2v) is 4.62. The monoisotopic (exact) mass is 254 g/mol. The first-order chi connectivity index (χ1) is 9.35. The Bertz CT molecular complexity index is 590. The standard InChI is InChI=1S/C13H14N6/c14-9-11-3-4-13(17-16-11)15-6-8-19-7-5-12(18-19)10-1-2-10/h3-5,7,10H,1-2,6,8H2,(H,15,17). The number of rotatable bonds is 5. The Morgan fingerprint density at radius 3 is 2.89 bits per heavy atom. The molecule has 1 aliphatic rings. The number of anilines is 1. The predicted molar refractivity (Wildman–Crippen MR) is 69.4 cm³/mol. The number of nitrogens with zero attached hydrogens (tertiary/aromatic N) is 5. The molecular weight excluding hydrogens is 240 g/mol. The summed E-state index contributed by atoms with van der Waals surface area (Å²) >= 11 is 0. The fourth-order valence-electron chi connectivity index (χ4n) is 1.88. The first kappa shape index (κ1) is 11.7. The number of hydrogen-bond donors (Lipinski definition) is 1. The molecule has 0 unspecified atom stereocenters. The zero-order valence-corrected chi connectivity index (χ0v) is 10.5. The van der Waals surface area contributed by atoms with Gasteiger partial charge in [-0.25, -0.2) is 0 Å². The molecule has 1 saturated carbocycles. The lowest BCUT2D eigenvalue weighted by Gasteiger charge is -2.04. The van der Waals surface area contributed by atoms with Crippen LogP contribution in [0.1, 0.15) is 30.1 Å². The van der Waals surface area contributed by atoms with E-state index in [2.05, 4.69) is 26.7 Å². The quantitative estimate of drug-likeness (QED) is 0.875. The Morgan fingerprint density at radius 2 is 2.21 bits per heavy atom. The van der Waals surface area contributed by atoms with Crippen molar-refractivity contribution in [1.82, 2.24) is 20.0 Å². The van der Waals surface area contributed by atoms with E-state index in [4.69, 9.17) is 5.26 Å². The third-order valence-corrected chi connectivity index (χ3v) is 3.08. The second-order valence-electron chi connectivity index (χ2n) is 4.62. The van der Waals surface area contributed by atoms with Crippen molar-refractivity contribution in [1.29, 1.82) is 5.26 Å². The van der Waals surface area contributed by atoms with Crippen LogP contribution < -0.4 is 5.32 Å². The minimum atomic E-state index is 0.326. The van der Waals surface area contributed by atoms with Crippen molar-refractivity contribution in [2.45, 2.75) is 25.3 Å². The largest absolute Gasteiger partial charge is 0.367 e. The molecule has 96 valence electrons. The Kier molecular flexibility index (Phi) is 3.11. The fourth-order valence-corrected chi connectivity index (χ4v) is 1.88. The van der Waals surface area contributed by atoms with Crippen LogP contribution in [0.2, 0.25) is 0 Å². The van der Waals surface area contributed by atoms with Crippen LogP contribution in [0.4, 0.5) is 5.82 Å². The van der Waals surface area contributed by atoms with Crippen LogP contribution >= 0.6 is 0 Å². The summed E-state index contributed by atoms with van der Waals surface area (Å²) in [6, 6.07) is 7.44. The van der Waals surface area contributed by atoms with E-state index in [0.29, 0.717) is 17.4 Å². The molecule has 6 nitrogen and oxygen atoms in total. The SMILES string of the molecule is N#Cc1ccc(NCCn2ccc(C3CC3)n2)nn1. The fraction of sp³-hybridized carbons (Fsp3) is 0.385. The molecule has 0 bridgehead atoms.